The smallest absolute Gasteiger partial charge is 0.362 e. The standard InChI is InChI=1S/C15H19N3O3/c1-4-20-15(19)13-14(21-10-9-18(2)3)11-7-5-6-8-12(11)16-17-13/h5-8H,4,9-10H2,1-3H3. The van der Waals surface area contributed by atoms with E-state index in [1.165, 1.54) is 0 Å². The predicted octanol–water partition coefficient (Wildman–Crippen LogP) is 1.75. The van der Waals surface area contributed by atoms with Crippen LogP contribution in [0.5, 0.6) is 5.75 Å². The Labute approximate surface area is 123 Å². The first-order valence-corrected chi connectivity index (χ1v) is 6.83. The van der Waals surface area contributed by atoms with Gasteiger partial charge in [0, 0.05) is 11.9 Å². The number of hydrogen-bond donors (Lipinski definition) is 0. The Morgan fingerprint density at radius 2 is 2.00 bits per heavy atom. The van der Waals surface area contributed by atoms with Gasteiger partial charge >= 0.3 is 5.97 Å². The molecule has 0 N–H and O–H groups in total. The molecule has 0 spiro atoms. The number of benzene rings is 1. The molecule has 0 fully saturated rings. The van der Waals surface area contributed by atoms with Gasteiger partial charge in [-0.15, -0.1) is 10.2 Å². The minimum Gasteiger partial charge on any atom is -0.489 e. The van der Waals surface area contributed by atoms with E-state index in [2.05, 4.69) is 10.2 Å². The van der Waals surface area contributed by atoms with Gasteiger partial charge in [0.05, 0.1) is 12.1 Å². The fourth-order valence-corrected chi connectivity index (χ4v) is 1.84. The summed E-state index contributed by atoms with van der Waals surface area (Å²) in [4.78, 5) is 14.0. The monoisotopic (exact) mass is 289 g/mol. The van der Waals surface area contributed by atoms with Crippen LogP contribution in [-0.2, 0) is 4.74 Å². The number of likely N-dealkylation sites (N-methyl/N-ethyl adjacent to an activating group) is 1. The third kappa shape index (κ3) is 3.66. The molecule has 0 aliphatic heterocycles. The molecule has 1 heterocycles. The molecule has 1 aromatic carbocycles. The average molecular weight is 289 g/mol. The first-order chi connectivity index (χ1) is 10.1. The molecule has 112 valence electrons. The lowest BCUT2D eigenvalue weighted by atomic mass is 10.2. The molecule has 2 rings (SSSR count). The van der Waals surface area contributed by atoms with E-state index in [4.69, 9.17) is 9.47 Å². The zero-order valence-corrected chi connectivity index (χ0v) is 12.5. The number of carbonyl (C=O) groups is 1. The van der Waals surface area contributed by atoms with E-state index >= 15 is 0 Å². The third-order valence-electron chi connectivity index (χ3n) is 2.88. The summed E-state index contributed by atoms with van der Waals surface area (Å²) in [6.07, 6.45) is 0. The minimum absolute atomic E-state index is 0.120. The Morgan fingerprint density at radius 3 is 2.71 bits per heavy atom. The summed E-state index contributed by atoms with van der Waals surface area (Å²) in [5.74, 6) is -0.0866. The summed E-state index contributed by atoms with van der Waals surface area (Å²) in [6.45, 7) is 3.22. The Hall–Kier alpha value is -2.21. The maximum atomic E-state index is 12.0. The van der Waals surface area contributed by atoms with E-state index in [1.807, 2.05) is 43.3 Å². The van der Waals surface area contributed by atoms with Crippen LogP contribution in [0.4, 0.5) is 0 Å². The van der Waals surface area contributed by atoms with E-state index in [9.17, 15) is 4.79 Å². The van der Waals surface area contributed by atoms with Gasteiger partial charge in [0.1, 0.15) is 6.61 Å². The zero-order chi connectivity index (χ0) is 15.2. The lowest BCUT2D eigenvalue weighted by molar-refractivity contribution is 0.0513. The van der Waals surface area contributed by atoms with Gasteiger partial charge in [-0.1, -0.05) is 12.1 Å². The molecule has 6 heteroatoms. The summed E-state index contributed by atoms with van der Waals surface area (Å²) in [5, 5.41) is 8.77. The van der Waals surface area contributed by atoms with Crippen molar-refractivity contribution in [1.82, 2.24) is 15.1 Å². The lowest BCUT2D eigenvalue weighted by Crippen LogP contribution is -2.21. The molecule has 0 radical (unpaired) electrons. The van der Waals surface area contributed by atoms with Crippen LogP contribution < -0.4 is 4.74 Å². The molecular weight excluding hydrogens is 270 g/mol. The molecule has 0 aliphatic carbocycles. The molecule has 0 saturated heterocycles. The number of aromatic nitrogens is 2. The first kappa shape index (κ1) is 15.2. The molecule has 2 aromatic rings. The average Bonchev–Trinajstić information content (AvgIpc) is 2.47. The van der Waals surface area contributed by atoms with Crippen LogP contribution in [0.3, 0.4) is 0 Å². The quantitative estimate of drug-likeness (QED) is 0.755. The maximum absolute atomic E-state index is 12.0. The largest absolute Gasteiger partial charge is 0.489 e. The van der Waals surface area contributed by atoms with Crippen molar-refractivity contribution in [2.45, 2.75) is 6.92 Å². The van der Waals surface area contributed by atoms with Crippen molar-refractivity contribution in [2.24, 2.45) is 0 Å². The highest BCUT2D eigenvalue weighted by atomic mass is 16.5. The SMILES string of the molecule is CCOC(=O)c1nnc2ccccc2c1OCCN(C)C. The molecular formula is C15H19N3O3. The summed E-state index contributed by atoms with van der Waals surface area (Å²) >= 11 is 0. The summed E-state index contributed by atoms with van der Waals surface area (Å²) < 4.78 is 10.8. The molecule has 0 aliphatic rings. The summed E-state index contributed by atoms with van der Waals surface area (Å²) in [7, 11) is 3.91. The molecule has 0 unspecified atom stereocenters. The second kappa shape index (κ2) is 6.99. The topological polar surface area (TPSA) is 64.5 Å². The third-order valence-corrected chi connectivity index (χ3v) is 2.88. The van der Waals surface area contributed by atoms with E-state index in [0.29, 0.717) is 17.9 Å². The van der Waals surface area contributed by atoms with Crippen molar-refractivity contribution in [1.29, 1.82) is 0 Å². The van der Waals surface area contributed by atoms with Crippen molar-refractivity contribution >= 4 is 16.9 Å². The number of rotatable bonds is 6. The van der Waals surface area contributed by atoms with Gasteiger partial charge in [0.25, 0.3) is 0 Å². The Bertz CT molecular complexity index is 629. The number of ether oxygens (including phenoxy) is 2. The van der Waals surface area contributed by atoms with Gasteiger partial charge in [0.2, 0.25) is 5.69 Å². The Balaban J connectivity index is 2.39. The van der Waals surface area contributed by atoms with Gasteiger partial charge < -0.3 is 14.4 Å². The van der Waals surface area contributed by atoms with E-state index in [1.54, 1.807) is 6.92 Å². The molecule has 0 atom stereocenters. The second-order valence-electron chi connectivity index (χ2n) is 4.77. The molecule has 21 heavy (non-hydrogen) atoms. The highest BCUT2D eigenvalue weighted by Crippen LogP contribution is 2.27. The Morgan fingerprint density at radius 1 is 1.24 bits per heavy atom. The first-order valence-electron chi connectivity index (χ1n) is 6.83. The van der Waals surface area contributed by atoms with Crippen molar-refractivity contribution in [3.8, 4) is 5.75 Å². The fraction of sp³-hybridized carbons (Fsp3) is 0.400. The van der Waals surface area contributed by atoms with Gasteiger partial charge in [-0.25, -0.2) is 4.79 Å². The highest BCUT2D eigenvalue weighted by molar-refractivity contribution is 5.97. The summed E-state index contributed by atoms with van der Waals surface area (Å²) in [6, 6.07) is 7.43. The molecule has 6 nitrogen and oxygen atoms in total. The van der Waals surface area contributed by atoms with Crippen LogP contribution in [0.15, 0.2) is 24.3 Å². The fourth-order valence-electron chi connectivity index (χ4n) is 1.84. The van der Waals surface area contributed by atoms with Crippen LogP contribution >= 0.6 is 0 Å². The number of carbonyl (C=O) groups excluding carboxylic acids is 1. The van der Waals surface area contributed by atoms with Crippen LogP contribution in [0.25, 0.3) is 10.9 Å². The Kier molecular flexibility index (Phi) is 5.05. The van der Waals surface area contributed by atoms with Gasteiger partial charge in [-0.2, -0.15) is 0 Å². The van der Waals surface area contributed by atoms with Gasteiger partial charge in [0.15, 0.2) is 5.75 Å². The normalized spacial score (nSPS) is 10.9. The highest BCUT2D eigenvalue weighted by Gasteiger charge is 2.20. The zero-order valence-electron chi connectivity index (χ0n) is 12.5. The van der Waals surface area contributed by atoms with E-state index in [0.717, 1.165) is 11.9 Å². The van der Waals surface area contributed by atoms with Crippen molar-refractivity contribution in [3.05, 3.63) is 30.0 Å². The second-order valence-corrected chi connectivity index (χ2v) is 4.77. The van der Waals surface area contributed by atoms with Crippen LogP contribution in [-0.4, -0.2) is 54.9 Å². The molecule has 0 bridgehead atoms. The van der Waals surface area contributed by atoms with Crippen LogP contribution in [0.1, 0.15) is 17.4 Å². The van der Waals surface area contributed by atoms with Crippen molar-refractivity contribution in [3.63, 3.8) is 0 Å². The molecule has 0 saturated carbocycles. The lowest BCUT2D eigenvalue weighted by Gasteiger charge is -2.14. The number of fused-ring (bicyclic) bond motifs is 1. The van der Waals surface area contributed by atoms with Gasteiger partial charge in [-0.3, -0.25) is 0 Å². The van der Waals surface area contributed by atoms with Gasteiger partial charge in [-0.05, 0) is 33.2 Å². The van der Waals surface area contributed by atoms with E-state index < -0.39 is 5.97 Å². The number of esters is 1. The number of nitrogens with zero attached hydrogens (tertiary/aromatic N) is 3. The van der Waals surface area contributed by atoms with Crippen molar-refractivity contribution in [2.75, 3.05) is 33.9 Å². The predicted molar refractivity (Wildman–Crippen MR) is 79.5 cm³/mol. The van der Waals surface area contributed by atoms with Crippen LogP contribution in [0, 0.1) is 0 Å². The minimum atomic E-state index is -0.518. The maximum Gasteiger partial charge on any atom is 0.362 e. The molecule has 1 aromatic heterocycles. The number of hydrogen-bond acceptors (Lipinski definition) is 6. The van der Waals surface area contributed by atoms with E-state index in [-0.39, 0.29) is 12.3 Å². The van der Waals surface area contributed by atoms with Crippen LogP contribution in [0.2, 0.25) is 0 Å². The summed E-state index contributed by atoms with van der Waals surface area (Å²) in [5.41, 5.74) is 0.805. The van der Waals surface area contributed by atoms with Crippen molar-refractivity contribution < 1.29 is 14.3 Å². The molecule has 0 amide bonds.